The van der Waals surface area contributed by atoms with Crippen LogP contribution < -0.4 is 5.73 Å². The Balaban J connectivity index is 1.63. The highest BCUT2D eigenvalue weighted by molar-refractivity contribution is 5.99. The molecular weight excluding hydrogens is 322 g/mol. The monoisotopic (exact) mass is 348 g/mol. The fourth-order valence-electron chi connectivity index (χ4n) is 4.28. The zero-order valence-electron chi connectivity index (χ0n) is 14.6. The predicted molar refractivity (Wildman–Crippen MR) is 89.9 cm³/mol. The molecule has 137 valence electrons. The van der Waals surface area contributed by atoms with E-state index in [1.807, 2.05) is 0 Å². The molecule has 3 rings (SSSR count). The second-order valence-corrected chi connectivity index (χ2v) is 7.49. The van der Waals surface area contributed by atoms with Gasteiger partial charge in [0.2, 0.25) is 17.7 Å². The quantitative estimate of drug-likeness (QED) is 0.771. The molecule has 3 aliphatic rings. The highest BCUT2D eigenvalue weighted by Gasteiger charge is 2.51. The van der Waals surface area contributed by atoms with Gasteiger partial charge in [-0.05, 0) is 25.7 Å². The maximum atomic E-state index is 12.7. The van der Waals surface area contributed by atoms with E-state index in [4.69, 9.17) is 5.73 Å². The standard InChI is InChI=1S/C18H26N3O4/c1-11(17(19)24)6-7-15(23)20-9-8-13-16(20)14(22)10-21(13)18(25)12-4-2-3-5-12/h7,11-13,16H,2-6,8-10H2,1H3,(H2,19,24). The van der Waals surface area contributed by atoms with Gasteiger partial charge in [0.25, 0.3) is 0 Å². The first-order chi connectivity index (χ1) is 11.9. The van der Waals surface area contributed by atoms with Gasteiger partial charge in [0.05, 0.1) is 19.0 Å². The summed E-state index contributed by atoms with van der Waals surface area (Å²) >= 11 is 0. The number of ketones is 1. The molecule has 3 atom stereocenters. The third-order valence-corrected chi connectivity index (χ3v) is 5.82. The summed E-state index contributed by atoms with van der Waals surface area (Å²) in [4.78, 5) is 52.0. The topological polar surface area (TPSA) is 101 Å². The minimum Gasteiger partial charge on any atom is -0.369 e. The predicted octanol–water partition coefficient (Wildman–Crippen LogP) is 0.273. The zero-order chi connectivity index (χ0) is 18.1. The Morgan fingerprint density at radius 1 is 1.20 bits per heavy atom. The van der Waals surface area contributed by atoms with Crippen LogP contribution in [-0.4, -0.2) is 58.5 Å². The number of primary amides is 1. The number of Topliss-reactive ketones (excluding diaryl/α,β-unsaturated/α-hetero) is 1. The average Bonchev–Trinajstić information content (AvgIpc) is 3.29. The van der Waals surface area contributed by atoms with Gasteiger partial charge in [-0.25, -0.2) is 0 Å². The summed E-state index contributed by atoms with van der Waals surface area (Å²) in [6.07, 6.45) is 6.30. The maximum absolute atomic E-state index is 12.7. The fraction of sp³-hybridized carbons (Fsp3) is 0.722. The van der Waals surface area contributed by atoms with Gasteiger partial charge in [0, 0.05) is 18.4 Å². The Morgan fingerprint density at radius 2 is 1.88 bits per heavy atom. The van der Waals surface area contributed by atoms with Crippen LogP contribution in [0.4, 0.5) is 0 Å². The van der Waals surface area contributed by atoms with Crippen molar-refractivity contribution < 1.29 is 19.2 Å². The van der Waals surface area contributed by atoms with Crippen molar-refractivity contribution in [2.24, 2.45) is 17.6 Å². The van der Waals surface area contributed by atoms with Gasteiger partial charge in [-0.3, -0.25) is 19.2 Å². The molecule has 3 fully saturated rings. The number of fused-ring (bicyclic) bond motifs is 1. The van der Waals surface area contributed by atoms with Crippen molar-refractivity contribution in [2.75, 3.05) is 13.1 Å². The van der Waals surface area contributed by atoms with E-state index >= 15 is 0 Å². The largest absolute Gasteiger partial charge is 0.369 e. The number of carbonyl (C=O) groups excluding carboxylic acids is 4. The van der Waals surface area contributed by atoms with E-state index in [0.29, 0.717) is 13.0 Å². The van der Waals surface area contributed by atoms with Crippen molar-refractivity contribution in [3.8, 4) is 0 Å². The fourth-order valence-corrected chi connectivity index (χ4v) is 4.28. The molecule has 2 N–H and O–H groups in total. The van der Waals surface area contributed by atoms with Gasteiger partial charge < -0.3 is 15.5 Å². The van der Waals surface area contributed by atoms with Gasteiger partial charge in [-0.1, -0.05) is 19.8 Å². The minimum atomic E-state index is -0.530. The molecule has 7 nitrogen and oxygen atoms in total. The van der Waals surface area contributed by atoms with Crippen molar-refractivity contribution in [1.29, 1.82) is 0 Å². The number of carbonyl (C=O) groups is 4. The van der Waals surface area contributed by atoms with Gasteiger partial charge in [0.1, 0.15) is 6.04 Å². The van der Waals surface area contributed by atoms with E-state index in [2.05, 4.69) is 0 Å². The highest BCUT2D eigenvalue weighted by atomic mass is 16.2. The average molecular weight is 348 g/mol. The van der Waals surface area contributed by atoms with Gasteiger partial charge >= 0.3 is 0 Å². The van der Waals surface area contributed by atoms with Crippen LogP contribution in [0.15, 0.2) is 0 Å². The lowest BCUT2D eigenvalue weighted by molar-refractivity contribution is -0.137. The first-order valence-corrected chi connectivity index (χ1v) is 9.16. The molecule has 3 unspecified atom stereocenters. The Hall–Kier alpha value is -1.92. The second-order valence-electron chi connectivity index (χ2n) is 7.49. The van der Waals surface area contributed by atoms with Crippen molar-refractivity contribution in [2.45, 2.75) is 57.5 Å². The molecule has 0 aromatic heterocycles. The molecule has 1 saturated carbocycles. The molecule has 0 bridgehead atoms. The van der Waals surface area contributed by atoms with Crippen molar-refractivity contribution >= 4 is 23.5 Å². The molecule has 0 aromatic carbocycles. The van der Waals surface area contributed by atoms with Crippen LogP contribution in [0.3, 0.4) is 0 Å². The molecule has 1 radical (unpaired) electrons. The zero-order valence-corrected chi connectivity index (χ0v) is 14.6. The number of nitrogens with two attached hydrogens (primary N) is 1. The summed E-state index contributed by atoms with van der Waals surface area (Å²) in [5.74, 6) is -1.04. The third kappa shape index (κ3) is 3.41. The number of amides is 3. The van der Waals surface area contributed by atoms with E-state index in [1.165, 1.54) is 6.42 Å². The SMILES string of the molecule is CC(C[CH]C(=O)N1CCC2C1C(=O)CN2C(=O)C1CCCC1)C(N)=O. The molecule has 25 heavy (non-hydrogen) atoms. The van der Waals surface area contributed by atoms with E-state index in [9.17, 15) is 19.2 Å². The van der Waals surface area contributed by atoms with Gasteiger partial charge in [0.15, 0.2) is 5.78 Å². The normalized spacial score (nSPS) is 27.6. The number of likely N-dealkylation sites (tertiary alicyclic amines) is 2. The minimum absolute atomic E-state index is 0.0410. The van der Waals surface area contributed by atoms with Crippen LogP contribution in [0.1, 0.15) is 45.4 Å². The summed E-state index contributed by atoms with van der Waals surface area (Å²) in [6.45, 7) is 2.25. The lowest BCUT2D eigenvalue weighted by atomic mass is 10.0. The molecule has 2 aliphatic heterocycles. The van der Waals surface area contributed by atoms with E-state index < -0.39 is 17.9 Å². The summed E-state index contributed by atoms with van der Waals surface area (Å²) in [5.41, 5.74) is 5.21. The van der Waals surface area contributed by atoms with Crippen molar-refractivity contribution in [1.82, 2.24) is 9.80 Å². The third-order valence-electron chi connectivity index (χ3n) is 5.82. The van der Waals surface area contributed by atoms with E-state index in [-0.39, 0.29) is 42.5 Å². The number of rotatable bonds is 5. The van der Waals surface area contributed by atoms with Gasteiger partial charge in [-0.2, -0.15) is 0 Å². The van der Waals surface area contributed by atoms with Crippen molar-refractivity contribution in [3.63, 3.8) is 0 Å². The Labute approximate surface area is 147 Å². The summed E-state index contributed by atoms with van der Waals surface area (Å²) in [5, 5.41) is 0. The van der Waals surface area contributed by atoms with E-state index in [1.54, 1.807) is 16.7 Å². The molecule has 2 heterocycles. The lowest BCUT2D eigenvalue weighted by Gasteiger charge is -2.26. The molecule has 1 aliphatic carbocycles. The summed E-state index contributed by atoms with van der Waals surface area (Å²) < 4.78 is 0. The Kier molecular flexibility index (Phi) is 5.11. The van der Waals surface area contributed by atoms with Crippen LogP contribution in [0.5, 0.6) is 0 Å². The second kappa shape index (κ2) is 7.14. The Morgan fingerprint density at radius 3 is 2.52 bits per heavy atom. The first kappa shape index (κ1) is 17.9. The van der Waals surface area contributed by atoms with Crippen molar-refractivity contribution in [3.05, 3.63) is 6.42 Å². The molecule has 2 saturated heterocycles. The number of hydrogen-bond acceptors (Lipinski definition) is 4. The molecule has 3 amide bonds. The molecule has 0 aromatic rings. The van der Waals surface area contributed by atoms with Crippen LogP contribution >= 0.6 is 0 Å². The molecular formula is C18H26N3O4. The van der Waals surface area contributed by atoms with Crippen LogP contribution in [0.2, 0.25) is 0 Å². The van der Waals surface area contributed by atoms with Crippen LogP contribution in [0.25, 0.3) is 0 Å². The smallest absolute Gasteiger partial charge is 0.227 e. The van der Waals surface area contributed by atoms with Gasteiger partial charge in [-0.15, -0.1) is 0 Å². The number of nitrogens with zero attached hydrogens (tertiary/aromatic N) is 2. The Bertz CT molecular complexity index is 585. The summed E-state index contributed by atoms with van der Waals surface area (Å²) in [6, 6.07) is -0.718. The number of hydrogen-bond donors (Lipinski definition) is 1. The summed E-state index contributed by atoms with van der Waals surface area (Å²) in [7, 11) is 0. The van der Waals surface area contributed by atoms with Crippen LogP contribution in [0, 0.1) is 18.3 Å². The first-order valence-electron chi connectivity index (χ1n) is 9.16. The highest BCUT2D eigenvalue weighted by Crippen LogP contribution is 2.34. The van der Waals surface area contributed by atoms with E-state index in [0.717, 1.165) is 25.7 Å². The van der Waals surface area contributed by atoms with Crippen LogP contribution in [-0.2, 0) is 19.2 Å². The maximum Gasteiger partial charge on any atom is 0.227 e. The lowest BCUT2D eigenvalue weighted by Crippen LogP contribution is -2.44. The molecule has 7 heteroatoms. The molecule has 0 spiro atoms.